The summed E-state index contributed by atoms with van der Waals surface area (Å²) in [5.41, 5.74) is -1.94. The van der Waals surface area contributed by atoms with Gasteiger partial charge in [-0.15, -0.1) is 4.80 Å². The van der Waals surface area contributed by atoms with Gasteiger partial charge in [0.15, 0.2) is 5.78 Å². The SMILES string of the molecule is COc1ccc(F)cc1[C@@H](Cn1c(=O)n(C(C)(C)C(=O)CC(C)C)c(=O)c2c(C)c(-n3nccn3)sc21)OCCO. The van der Waals surface area contributed by atoms with Gasteiger partial charge in [-0.2, -0.15) is 10.2 Å². The fourth-order valence-corrected chi connectivity index (χ4v) is 6.02. The Balaban J connectivity index is 2.03. The normalized spacial score (nSPS) is 12.8. The number of hydrogen-bond donors (Lipinski definition) is 1. The number of ketones is 1. The van der Waals surface area contributed by atoms with Crippen molar-refractivity contribution in [3.63, 3.8) is 0 Å². The van der Waals surface area contributed by atoms with Crippen molar-refractivity contribution >= 4 is 27.3 Å². The fourth-order valence-electron chi connectivity index (χ4n) is 4.80. The summed E-state index contributed by atoms with van der Waals surface area (Å²) in [6.07, 6.45) is 2.21. The van der Waals surface area contributed by atoms with Crippen molar-refractivity contribution in [1.29, 1.82) is 0 Å². The molecule has 0 spiro atoms. The standard InChI is InChI=1S/C28H34FN5O6S/c1-16(2)13-22(36)28(4,5)33-24(37)23-17(3)25(34-30-9-10-31-34)41-26(23)32(27(33)38)15-21(40-12-11-35)19-14-18(29)7-8-20(19)39-6/h7-10,14,16,21,35H,11-13,15H2,1-6H3/t21-/m1/s1. The zero-order valence-corrected chi connectivity index (χ0v) is 24.7. The molecule has 3 aromatic heterocycles. The van der Waals surface area contributed by atoms with Gasteiger partial charge in [-0.3, -0.25) is 14.2 Å². The van der Waals surface area contributed by atoms with Gasteiger partial charge in [0.2, 0.25) is 0 Å². The van der Waals surface area contributed by atoms with Crippen LogP contribution in [0.2, 0.25) is 0 Å². The minimum absolute atomic E-state index is 0.0144. The van der Waals surface area contributed by atoms with E-state index in [1.165, 1.54) is 47.1 Å². The second-order valence-corrected chi connectivity index (χ2v) is 11.6. The first-order valence-corrected chi connectivity index (χ1v) is 14.0. The predicted octanol–water partition coefficient (Wildman–Crippen LogP) is 3.36. The minimum atomic E-state index is -1.47. The Morgan fingerprint density at radius 3 is 2.49 bits per heavy atom. The lowest BCUT2D eigenvalue weighted by atomic mass is 9.91. The number of hydrogen-bond acceptors (Lipinski definition) is 9. The van der Waals surface area contributed by atoms with Gasteiger partial charge >= 0.3 is 5.69 Å². The predicted molar refractivity (Wildman–Crippen MR) is 153 cm³/mol. The molecule has 4 rings (SSSR count). The van der Waals surface area contributed by atoms with Gasteiger partial charge in [0, 0.05) is 17.5 Å². The Hall–Kier alpha value is -3.68. The number of Topliss-reactive ketones (excluding diaryl/α,β-unsaturated/α-hetero) is 1. The van der Waals surface area contributed by atoms with Crippen LogP contribution in [-0.4, -0.2) is 55.3 Å². The Morgan fingerprint density at radius 1 is 1.20 bits per heavy atom. The van der Waals surface area contributed by atoms with Crippen LogP contribution < -0.4 is 16.0 Å². The third kappa shape index (κ3) is 5.74. The zero-order chi connectivity index (χ0) is 30.1. The topological polar surface area (TPSA) is 130 Å². The Bertz CT molecular complexity index is 1670. The third-order valence-corrected chi connectivity index (χ3v) is 8.20. The van der Waals surface area contributed by atoms with Crippen LogP contribution in [0.1, 0.15) is 51.3 Å². The van der Waals surface area contributed by atoms with Gasteiger partial charge in [-0.05, 0) is 44.9 Å². The minimum Gasteiger partial charge on any atom is -0.496 e. The van der Waals surface area contributed by atoms with E-state index < -0.39 is 28.7 Å². The molecule has 1 N–H and O–H groups in total. The van der Waals surface area contributed by atoms with E-state index in [2.05, 4.69) is 10.2 Å². The maximum absolute atomic E-state index is 14.4. The van der Waals surface area contributed by atoms with Crippen molar-refractivity contribution in [2.75, 3.05) is 20.3 Å². The Kier molecular flexibility index (Phi) is 8.90. The summed E-state index contributed by atoms with van der Waals surface area (Å²) in [6, 6.07) is 3.93. The monoisotopic (exact) mass is 587 g/mol. The number of nitrogens with zero attached hydrogens (tertiary/aromatic N) is 5. The van der Waals surface area contributed by atoms with Gasteiger partial charge in [0.25, 0.3) is 5.56 Å². The summed E-state index contributed by atoms with van der Waals surface area (Å²) < 4.78 is 28.1. The van der Waals surface area contributed by atoms with E-state index in [-0.39, 0.29) is 43.3 Å². The molecule has 1 aromatic carbocycles. The van der Waals surface area contributed by atoms with E-state index in [4.69, 9.17) is 9.47 Å². The number of methoxy groups -OCH3 is 1. The number of carbonyl (C=O) groups is 1. The molecule has 3 heterocycles. The molecule has 0 amide bonds. The van der Waals surface area contributed by atoms with Crippen LogP contribution in [0.4, 0.5) is 4.39 Å². The molecule has 4 aromatic rings. The third-order valence-electron chi connectivity index (χ3n) is 6.92. The first kappa shape index (κ1) is 30.3. The quantitative estimate of drug-likeness (QED) is 0.267. The maximum Gasteiger partial charge on any atom is 0.333 e. The molecule has 0 unspecified atom stereocenters. The average molecular weight is 588 g/mol. The number of thiophene rings is 1. The van der Waals surface area contributed by atoms with E-state index in [1.54, 1.807) is 20.8 Å². The lowest BCUT2D eigenvalue weighted by Crippen LogP contribution is -2.53. The molecule has 0 bridgehead atoms. The average Bonchev–Trinajstić information content (AvgIpc) is 3.56. The van der Waals surface area contributed by atoms with E-state index in [0.717, 1.165) is 15.9 Å². The van der Waals surface area contributed by atoms with Crippen molar-refractivity contribution in [2.45, 2.75) is 59.2 Å². The van der Waals surface area contributed by atoms with Gasteiger partial charge in [0.05, 0.1) is 44.6 Å². The number of aryl methyl sites for hydroxylation is 1. The van der Waals surface area contributed by atoms with Crippen molar-refractivity contribution in [3.8, 4) is 10.8 Å². The van der Waals surface area contributed by atoms with Crippen molar-refractivity contribution in [2.24, 2.45) is 5.92 Å². The number of halogens is 1. The van der Waals surface area contributed by atoms with Crippen LogP contribution in [0.25, 0.3) is 15.2 Å². The highest BCUT2D eigenvalue weighted by Crippen LogP contribution is 2.34. The van der Waals surface area contributed by atoms with Crippen LogP contribution in [0.15, 0.2) is 40.2 Å². The summed E-state index contributed by atoms with van der Waals surface area (Å²) in [4.78, 5) is 43.3. The highest BCUT2D eigenvalue weighted by Gasteiger charge is 2.36. The number of aliphatic hydroxyl groups is 1. The van der Waals surface area contributed by atoms with Crippen LogP contribution >= 0.6 is 11.3 Å². The molecule has 0 saturated carbocycles. The number of carbonyl (C=O) groups excluding carboxylic acids is 1. The number of aromatic nitrogens is 5. The largest absolute Gasteiger partial charge is 0.496 e. The van der Waals surface area contributed by atoms with E-state index in [0.29, 0.717) is 26.7 Å². The smallest absolute Gasteiger partial charge is 0.333 e. The second-order valence-electron chi connectivity index (χ2n) is 10.6. The van der Waals surface area contributed by atoms with Crippen LogP contribution in [-0.2, 0) is 21.6 Å². The Labute approximate surface area is 239 Å². The molecule has 0 aliphatic rings. The summed E-state index contributed by atoms with van der Waals surface area (Å²) >= 11 is 1.14. The van der Waals surface area contributed by atoms with Crippen molar-refractivity contribution < 1.29 is 23.8 Å². The van der Waals surface area contributed by atoms with Gasteiger partial charge in [-0.1, -0.05) is 25.2 Å². The van der Waals surface area contributed by atoms with Crippen molar-refractivity contribution in [3.05, 3.63) is 68.4 Å². The number of ether oxygens (including phenoxy) is 2. The highest BCUT2D eigenvalue weighted by molar-refractivity contribution is 7.21. The van der Waals surface area contributed by atoms with Crippen LogP contribution in [0, 0.1) is 18.7 Å². The first-order chi connectivity index (χ1) is 19.4. The molecule has 0 aliphatic carbocycles. The fraction of sp³-hybridized carbons (Fsp3) is 0.464. The molecule has 41 heavy (non-hydrogen) atoms. The van der Waals surface area contributed by atoms with E-state index in [9.17, 15) is 23.9 Å². The highest BCUT2D eigenvalue weighted by atomic mass is 32.1. The van der Waals surface area contributed by atoms with E-state index >= 15 is 0 Å². The second kappa shape index (κ2) is 12.0. The molecule has 0 fully saturated rings. The van der Waals surface area contributed by atoms with Crippen molar-refractivity contribution in [1.82, 2.24) is 24.1 Å². The molecule has 0 saturated heterocycles. The van der Waals surface area contributed by atoms with Gasteiger partial charge < -0.3 is 14.6 Å². The number of rotatable bonds is 12. The van der Waals surface area contributed by atoms with Gasteiger partial charge in [-0.25, -0.2) is 13.8 Å². The lowest BCUT2D eigenvalue weighted by Gasteiger charge is -2.28. The molecule has 220 valence electrons. The lowest BCUT2D eigenvalue weighted by molar-refractivity contribution is -0.127. The Morgan fingerprint density at radius 2 is 1.88 bits per heavy atom. The molecule has 0 radical (unpaired) electrons. The molecule has 11 nitrogen and oxygen atoms in total. The molecule has 0 aliphatic heterocycles. The molecular formula is C28H34FN5O6S. The van der Waals surface area contributed by atoms with E-state index in [1.807, 2.05) is 13.8 Å². The molecule has 1 atom stereocenters. The number of fused-ring (bicyclic) bond motifs is 1. The summed E-state index contributed by atoms with van der Waals surface area (Å²) in [7, 11) is 1.43. The van der Waals surface area contributed by atoms with Gasteiger partial charge in [0.1, 0.15) is 33.0 Å². The number of benzene rings is 1. The summed E-state index contributed by atoms with van der Waals surface area (Å²) in [5, 5.41) is 18.6. The van der Waals surface area contributed by atoms with Crippen LogP contribution in [0.5, 0.6) is 5.75 Å². The first-order valence-electron chi connectivity index (χ1n) is 13.2. The van der Waals surface area contributed by atoms with Crippen LogP contribution in [0.3, 0.4) is 0 Å². The molecular weight excluding hydrogens is 553 g/mol. The summed E-state index contributed by atoms with van der Waals surface area (Å²) in [6.45, 7) is 8.04. The molecule has 13 heteroatoms. The summed E-state index contributed by atoms with van der Waals surface area (Å²) in [5.74, 6) is -0.469. The number of aliphatic hydroxyl groups excluding tert-OH is 1. The maximum atomic E-state index is 14.4. The zero-order valence-electron chi connectivity index (χ0n) is 23.9.